The van der Waals surface area contributed by atoms with Gasteiger partial charge in [-0.25, -0.2) is 9.18 Å². The van der Waals surface area contributed by atoms with Gasteiger partial charge in [0.25, 0.3) is 0 Å². The highest BCUT2D eigenvalue weighted by atomic mass is 19.1. The van der Waals surface area contributed by atoms with Gasteiger partial charge in [0.2, 0.25) is 0 Å². The van der Waals surface area contributed by atoms with Gasteiger partial charge in [0.15, 0.2) is 0 Å². The van der Waals surface area contributed by atoms with Crippen molar-refractivity contribution >= 4 is 11.7 Å². The van der Waals surface area contributed by atoms with E-state index >= 15 is 0 Å². The summed E-state index contributed by atoms with van der Waals surface area (Å²) in [6.07, 6.45) is 6.86. The summed E-state index contributed by atoms with van der Waals surface area (Å²) in [5, 5.41) is 3.21. The minimum atomic E-state index is -0.344. The summed E-state index contributed by atoms with van der Waals surface area (Å²) in [6, 6.07) is 5.75. The molecule has 1 aromatic rings. The predicted molar refractivity (Wildman–Crippen MR) is 77.0 cm³/mol. The molecule has 1 aliphatic rings. The van der Waals surface area contributed by atoms with Crippen LogP contribution in [0.2, 0.25) is 0 Å². The van der Waals surface area contributed by atoms with Crippen molar-refractivity contribution < 1.29 is 13.9 Å². The molecule has 1 fully saturated rings. The third kappa shape index (κ3) is 3.95. The number of hydrogen-bond acceptors (Lipinski definition) is 3. The van der Waals surface area contributed by atoms with Gasteiger partial charge < -0.3 is 10.1 Å². The van der Waals surface area contributed by atoms with Crippen LogP contribution in [0.1, 0.15) is 38.5 Å². The highest BCUT2D eigenvalue weighted by Crippen LogP contribution is 2.28. The SMILES string of the molecule is COC(=O)C(Nc1ccc(F)cc1)C1CCCCCC1. The normalized spacial score (nSPS) is 18.1. The van der Waals surface area contributed by atoms with Crippen molar-refractivity contribution in [1.82, 2.24) is 0 Å². The van der Waals surface area contributed by atoms with Crippen molar-refractivity contribution in [3.05, 3.63) is 30.1 Å². The van der Waals surface area contributed by atoms with Crippen molar-refractivity contribution in [3.8, 4) is 0 Å². The van der Waals surface area contributed by atoms with Crippen LogP contribution in [0.15, 0.2) is 24.3 Å². The Morgan fingerprint density at radius 2 is 1.80 bits per heavy atom. The molecule has 1 aromatic carbocycles. The summed E-state index contributed by atoms with van der Waals surface area (Å²) in [5.41, 5.74) is 0.756. The van der Waals surface area contributed by atoms with Gasteiger partial charge in [0.05, 0.1) is 7.11 Å². The van der Waals surface area contributed by atoms with Gasteiger partial charge in [-0.3, -0.25) is 0 Å². The van der Waals surface area contributed by atoms with Crippen LogP contribution in [0, 0.1) is 11.7 Å². The van der Waals surface area contributed by atoms with Crippen LogP contribution in [0.3, 0.4) is 0 Å². The molecule has 1 aliphatic carbocycles. The Kier molecular flexibility index (Phi) is 5.39. The Balaban J connectivity index is 2.10. The topological polar surface area (TPSA) is 38.3 Å². The Hall–Kier alpha value is -1.58. The molecule has 0 spiro atoms. The fourth-order valence-electron chi connectivity index (χ4n) is 2.87. The lowest BCUT2D eigenvalue weighted by Crippen LogP contribution is -2.37. The molecule has 2 rings (SSSR count). The summed E-state index contributed by atoms with van der Waals surface area (Å²) < 4.78 is 17.9. The van der Waals surface area contributed by atoms with E-state index in [0.29, 0.717) is 0 Å². The molecule has 1 unspecified atom stereocenters. The van der Waals surface area contributed by atoms with Crippen molar-refractivity contribution in [2.75, 3.05) is 12.4 Å². The number of benzene rings is 1. The Morgan fingerprint density at radius 3 is 2.35 bits per heavy atom. The average molecular weight is 279 g/mol. The molecular formula is C16H22FNO2. The van der Waals surface area contributed by atoms with Crippen LogP contribution >= 0.6 is 0 Å². The minimum Gasteiger partial charge on any atom is -0.467 e. The van der Waals surface area contributed by atoms with Gasteiger partial charge in [0.1, 0.15) is 11.9 Å². The number of carbonyl (C=O) groups excluding carboxylic acids is 1. The lowest BCUT2D eigenvalue weighted by atomic mass is 9.91. The van der Waals surface area contributed by atoms with Crippen LogP contribution < -0.4 is 5.32 Å². The van der Waals surface area contributed by atoms with Gasteiger partial charge in [-0.05, 0) is 43.0 Å². The zero-order valence-electron chi connectivity index (χ0n) is 11.9. The quantitative estimate of drug-likeness (QED) is 0.674. The number of anilines is 1. The number of methoxy groups -OCH3 is 1. The fourth-order valence-corrected chi connectivity index (χ4v) is 2.87. The van der Waals surface area contributed by atoms with E-state index in [0.717, 1.165) is 31.4 Å². The Labute approximate surface area is 119 Å². The zero-order chi connectivity index (χ0) is 14.4. The van der Waals surface area contributed by atoms with E-state index in [-0.39, 0.29) is 23.7 Å². The first-order valence-electron chi connectivity index (χ1n) is 7.30. The monoisotopic (exact) mass is 279 g/mol. The standard InChI is InChI=1S/C16H22FNO2/c1-20-16(19)15(12-6-4-2-3-5-7-12)18-14-10-8-13(17)9-11-14/h8-12,15,18H,2-7H2,1H3. The molecule has 20 heavy (non-hydrogen) atoms. The highest BCUT2D eigenvalue weighted by Gasteiger charge is 2.29. The third-order valence-electron chi connectivity index (χ3n) is 3.99. The lowest BCUT2D eigenvalue weighted by Gasteiger charge is -2.25. The maximum atomic E-state index is 12.9. The third-order valence-corrected chi connectivity index (χ3v) is 3.99. The predicted octanol–water partition coefficient (Wildman–Crippen LogP) is 3.75. The maximum Gasteiger partial charge on any atom is 0.328 e. The van der Waals surface area contributed by atoms with Crippen molar-refractivity contribution in [3.63, 3.8) is 0 Å². The highest BCUT2D eigenvalue weighted by molar-refractivity contribution is 5.79. The Bertz CT molecular complexity index is 425. The molecule has 4 heteroatoms. The van der Waals surface area contributed by atoms with Gasteiger partial charge in [0, 0.05) is 5.69 Å². The number of esters is 1. The first-order chi connectivity index (χ1) is 9.70. The number of nitrogens with one attached hydrogen (secondary N) is 1. The summed E-state index contributed by atoms with van der Waals surface area (Å²) >= 11 is 0. The molecule has 0 amide bonds. The number of ether oxygens (including phenoxy) is 1. The fraction of sp³-hybridized carbons (Fsp3) is 0.562. The van der Waals surface area contributed by atoms with E-state index in [1.807, 2.05) is 0 Å². The summed E-state index contributed by atoms with van der Waals surface area (Å²) in [7, 11) is 1.42. The Morgan fingerprint density at radius 1 is 1.20 bits per heavy atom. The van der Waals surface area contributed by atoms with Crippen LogP contribution in [-0.4, -0.2) is 19.1 Å². The molecule has 3 nitrogen and oxygen atoms in total. The molecule has 1 saturated carbocycles. The summed E-state index contributed by atoms with van der Waals surface area (Å²) in [4.78, 5) is 12.0. The second-order valence-corrected chi connectivity index (χ2v) is 5.40. The maximum absolute atomic E-state index is 12.9. The smallest absolute Gasteiger partial charge is 0.328 e. The molecule has 0 heterocycles. The van der Waals surface area contributed by atoms with Crippen LogP contribution in [0.25, 0.3) is 0 Å². The van der Waals surface area contributed by atoms with Crippen LogP contribution in [0.5, 0.6) is 0 Å². The van der Waals surface area contributed by atoms with Gasteiger partial charge in [-0.1, -0.05) is 25.7 Å². The number of carbonyl (C=O) groups is 1. The van der Waals surface area contributed by atoms with E-state index in [9.17, 15) is 9.18 Å². The first kappa shape index (κ1) is 14.8. The van der Waals surface area contributed by atoms with E-state index in [1.165, 1.54) is 32.1 Å². The van der Waals surface area contributed by atoms with Crippen LogP contribution in [-0.2, 0) is 9.53 Å². The molecule has 0 radical (unpaired) electrons. The number of halogens is 1. The van der Waals surface area contributed by atoms with E-state index in [2.05, 4.69) is 5.32 Å². The van der Waals surface area contributed by atoms with Gasteiger partial charge in [-0.15, -0.1) is 0 Å². The summed E-state index contributed by atoms with van der Waals surface area (Å²) in [6.45, 7) is 0. The molecule has 1 N–H and O–H groups in total. The second kappa shape index (κ2) is 7.27. The van der Waals surface area contributed by atoms with E-state index in [4.69, 9.17) is 4.74 Å². The molecule has 110 valence electrons. The van der Waals surface area contributed by atoms with Gasteiger partial charge >= 0.3 is 5.97 Å². The van der Waals surface area contributed by atoms with Gasteiger partial charge in [-0.2, -0.15) is 0 Å². The van der Waals surface area contributed by atoms with Crippen molar-refractivity contribution in [2.24, 2.45) is 5.92 Å². The minimum absolute atomic E-state index is 0.235. The van der Waals surface area contributed by atoms with E-state index in [1.54, 1.807) is 12.1 Å². The molecular weight excluding hydrogens is 257 g/mol. The van der Waals surface area contributed by atoms with E-state index < -0.39 is 0 Å². The second-order valence-electron chi connectivity index (χ2n) is 5.40. The average Bonchev–Trinajstić information content (AvgIpc) is 2.75. The zero-order valence-corrected chi connectivity index (χ0v) is 11.9. The van der Waals surface area contributed by atoms with Crippen LogP contribution in [0.4, 0.5) is 10.1 Å². The molecule has 0 aliphatic heterocycles. The molecule has 1 atom stereocenters. The molecule has 0 bridgehead atoms. The largest absolute Gasteiger partial charge is 0.467 e. The molecule has 0 aromatic heterocycles. The first-order valence-corrected chi connectivity index (χ1v) is 7.30. The lowest BCUT2D eigenvalue weighted by molar-refractivity contribution is -0.142. The number of hydrogen-bond donors (Lipinski definition) is 1. The summed E-state index contributed by atoms with van der Waals surface area (Å²) in [5.74, 6) is -0.226. The van der Waals surface area contributed by atoms with Crippen molar-refractivity contribution in [1.29, 1.82) is 0 Å². The van der Waals surface area contributed by atoms with Crippen molar-refractivity contribution in [2.45, 2.75) is 44.6 Å². The number of rotatable bonds is 4. The molecule has 0 saturated heterocycles.